The van der Waals surface area contributed by atoms with Crippen molar-refractivity contribution in [2.45, 2.75) is 6.42 Å². The van der Waals surface area contributed by atoms with Crippen molar-refractivity contribution >= 4 is 39.3 Å². The summed E-state index contributed by atoms with van der Waals surface area (Å²) < 4.78 is 0.854. The van der Waals surface area contributed by atoms with Gasteiger partial charge in [0.15, 0.2) is 5.78 Å². The van der Waals surface area contributed by atoms with Gasteiger partial charge in [0.1, 0.15) is 0 Å². The molecule has 0 saturated carbocycles. The van der Waals surface area contributed by atoms with Gasteiger partial charge in [0, 0.05) is 15.7 Å². The fraction of sp³-hybridized carbons (Fsp3) is 0.0625. The van der Waals surface area contributed by atoms with E-state index in [-0.39, 0.29) is 17.8 Å². The molecule has 2 aromatic carbocycles. The Bertz CT molecular complexity index is 708. The molecule has 2 rings (SSSR count). The molecule has 6 heteroatoms. The fourth-order valence-electron chi connectivity index (χ4n) is 1.78. The summed E-state index contributed by atoms with van der Waals surface area (Å²) in [7, 11) is 0. The van der Waals surface area contributed by atoms with E-state index >= 15 is 0 Å². The number of carboxylic acids is 1. The summed E-state index contributed by atoms with van der Waals surface area (Å²) in [5.41, 5.74) is 1.03. The molecule has 0 aliphatic heterocycles. The van der Waals surface area contributed by atoms with E-state index in [1.165, 1.54) is 24.3 Å². The maximum atomic E-state index is 11.9. The molecule has 2 N–H and O–H groups in total. The molecular weight excluding hydrogens is 350 g/mol. The number of hydrogen-bond donors (Lipinski definition) is 2. The number of carbonyl (C=O) groups is 3. The molecule has 0 atom stereocenters. The van der Waals surface area contributed by atoms with Crippen molar-refractivity contribution in [3.05, 3.63) is 64.1 Å². The van der Waals surface area contributed by atoms with Crippen molar-refractivity contribution in [1.29, 1.82) is 0 Å². The summed E-state index contributed by atoms with van der Waals surface area (Å²) in [6, 6.07) is 12.5. The molecule has 0 spiro atoms. The number of benzene rings is 2. The van der Waals surface area contributed by atoms with Crippen LogP contribution in [-0.2, 0) is 4.79 Å². The number of hydrogen-bond acceptors (Lipinski definition) is 3. The Morgan fingerprint density at radius 1 is 0.909 bits per heavy atom. The second-order valence-corrected chi connectivity index (χ2v) is 5.45. The van der Waals surface area contributed by atoms with E-state index in [0.29, 0.717) is 11.3 Å². The first-order valence-corrected chi connectivity index (χ1v) is 7.17. The van der Waals surface area contributed by atoms with Crippen molar-refractivity contribution < 1.29 is 19.5 Å². The molecule has 0 unspecified atom stereocenters. The largest absolute Gasteiger partial charge is 0.478 e. The van der Waals surface area contributed by atoms with Gasteiger partial charge in [-0.3, -0.25) is 9.59 Å². The summed E-state index contributed by atoms with van der Waals surface area (Å²) >= 11 is 3.27. The molecule has 112 valence electrons. The highest BCUT2D eigenvalue weighted by Crippen LogP contribution is 2.13. The number of anilines is 1. The minimum atomic E-state index is -1.04. The Hall–Kier alpha value is -2.47. The van der Waals surface area contributed by atoms with Crippen molar-refractivity contribution in [2.75, 3.05) is 5.32 Å². The number of carboxylic acid groups (broad SMARTS) is 1. The molecule has 0 bridgehead atoms. The van der Waals surface area contributed by atoms with Crippen LogP contribution in [0.1, 0.15) is 27.1 Å². The number of carbonyl (C=O) groups excluding carboxylic acids is 2. The van der Waals surface area contributed by atoms with E-state index in [9.17, 15) is 14.4 Å². The van der Waals surface area contributed by atoms with E-state index in [4.69, 9.17) is 5.11 Å². The number of rotatable bonds is 5. The maximum absolute atomic E-state index is 11.9. The SMILES string of the molecule is O=C(CC(=O)c1ccc(Br)cc1)Nc1ccc(C(=O)O)cc1. The average molecular weight is 362 g/mol. The van der Waals surface area contributed by atoms with Crippen LogP contribution in [0.3, 0.4) is 0 Å². The Morgan fingerprint density at radius 2 is 1.45 bits per heavy atom. The topological polar surface area (TPSA) is 83.5 Å². The number of halogens is 1. The minimum absolute atomic E-state index is 0.129. The Morgan fingerprint density at radius 3 is 2.00 bits per heavy atom. The van der Waals surface area contributed by atoms with Crippen molar-refractivity contribution in [2.24, 2.45) is 0 Å². The predicted octanol–water partition coefficient (Wildman–Crippen LogP) is 3.36. The molecule has 0 aliphatic rings. The second kappa shape index (κ2) is 7.00. The van der Waals surface area contributed by atoms with E-state index in [1.54, 1.807) is 24.3 Å². The molecule has 22 heavy (non-hydrogen) atoms. The van der Waals surface area contributed by atoms with Crippen LogP contribution in [0, 0.1) is 0 Å². The third kappa shape index (κ3) is 4.26. The Kier molecular flexibility index (Phi) is 5.06. The number of nitrogens with one attached hydrogen (secondary N) is 1. The zero-order valence-electron chi connectivity index (χ0n) is 11.4. The lowest BCUT2D eigenvalue weighted by atomic mass is 10.1. The number of amides is 1. The van der Waals surface area contributed by atoms with Gasteiger partial charge in [-0.15, -0.1) is 0 Å². The predicted molar refractivity (Wildman–Crippen MR) is 85.1 cm³/mol. The molecule has 0 saturated heterocycles. The van der Waals surface area contributed by atoms with Gasteiger partial charge in [-0.1, -0.05) is 28.1 Å². The van der Waals surface area contributed by atoms with E-state index in [0.717, 1.165) is 4.47 Å². The molecule has 0 aromatic heterocycles. The van der Waals surface area contributed by atoms with Gasteiger partial charge < -0.3 is 10.4 Å². The Labute approximate surface area is 135 Å². The first-order chi connectivity index (χ1) is 10.5. The first-order valence-electron chi connectivity index (χ1n) is 6.37. The normalized spacial score (nSPS) is 10.0. The maximum Gasteiger partial charge on any atom is 0.335 e. The average Bonchev–Trinajstić information content (AvgIpc) is 2.48. The van der Waals surface area contributed by atoms with Crippen LogP contribution in [0.4, 0.5) is 5.69 Å². The molecular formula is C16H12BrNO4. The highest BCUT2D eigenvalue weighted by molar-refractivity contribution is 9.10. The standard InChI is InChI=1S/C16H12BrNO4/c17-12-5-1-10(2-6-12)14(19)9-15(20)18-13-7-3-11(4-8-13)16(21)22/h1-8H,9H2,(H,18,20)(H,21,22). The smallest absolute Gasteiger partial charge is 0.335 e. The number of ketones is 1. The molecule has 0 aliphatic carbocycles. The third-order valence-electron chi connectivity index (χ3n) is 2.90. The van der Waals surface area contributed by atoms with Gasteiger partial charge in [-0.25, -0.2) is 4.79 Å². The van der Waals surface area contributed by atoms with Crippen LogP contribution < -0.4 is 5.32 Å². The van der Waals surface area contributed by atoms with Crippen LogP contribution in [0.2, 0.25) is 0 Å². The van der Waals surface area contributed by atoms with Crippen molar-refractivity contribution in [3.63, 3.8) is 0 Å². The molecule has 1 amide bonds. The van der Waals surface area contributed by atoms with Crippen LogP contribution in [0.15, 0.2) is 53.0 Å². The first kappa shape index (κ1) is 15.9. The minimum Gasteiger partial charge on any atom is -0.478 e. The monoisotopic (exact) mass is 361 g/mol. The van der Waals surface area contributed by atoms with Gasteiger partial charge in [0.25, 0.3) is 0 Å². The molecule has 0 heterocycles. The summed E-state index contributed by atoms with van der Waals surface area (Å²) in [6.07, 6.45) is -0.275. The fourth-order valence-corrected chi connectivity index (χ4v) is 2.05. The lowest BCUT2D eigenvalue weighted by molar-refractivity contribution is -0.115. The van der Waals surface area contributed by atoms with E-state index < -0.39 is 11.9 Å². The highest BCUT2D eigenvalue weighted by Gasteiger charge is 2.12. The van der Waals surface area contributed by atoms with Gasteiger partial charge >= 0.3 is 5.97 Å². The third-order valence-corrected chi connectivity index (χ3v) is 3.43. The number of Topliss-reactive ketones (excluding diaryl/α,β-unsaturated/α-hetero) is 1. The molecule has 5 nitrogen and oxygen atoms in total. The van der Waals surface area contributed by atoms with Crippen LogP contribution >= 0.6 is 15.9 Å². The number of aromatic carboxylic acids is 1. The van der Waals surface area contributed by atoms with Gasteiger partial charge in [0.05, 0.1) is 12.0 Å². The second-order valence-electron chi connectivity index (χ2n) is 4.54. The summed E-state index contributed by atoms with van der Waals surface area (Å²) in [6.45, 7) is 0. The van der Waals surface area contributed by atoms with E-state index in [1.807, 2.05) is 0 Å². The van der Waals surface area contributed by atoms with Crippen LogP contribution in [0.25, 0.3) is 0 Å². The molecule has 0 fully saturated rings. The van der Waals surface area contributed by atoms with E-state index in [2.05, 4.69) is 21.2 Å². The Balaban J connectivity index is 1.96. The summed E-state index contributed by atoms with van der Waals surface area (Å²) in [5, 5.41) is 11.3. The lowest BCUT2D eigenvalue weighted by Crippen LogP contribution is -2.16. The molecule has 0 radical (unpaired) electrons. The van der Waals surface area contributed by atoms with Crippen LogP contribution in [-0.4, -0.2) is 22.8 Å². The lowest BCUT2D eigenvalue weighted by Gasteiger charge is -2.05. The zero-order chi connectivity index (χ0) is 16.1. The van der Waals surface area contributed by atoms with Crippen molar-refractivity contribution in [3.8, 4) is 0 Å². The van der Waals surface area contributed by atoms with Crippen molar-refractivity contribution in [1.82, 2.24) is 0 Å². The van der Waals surface area contributed by atoms with Gasteiger partial charge in [-0.2, -0.15) is 0 Å². The quantitative estimate of drug-likeness (QED) is 0.631. The summed E-state index contributed by atoms with van der Waals surface area (Å²) in [4.78, 5) is 34.5. The highest BCUT2D eigenvalue weighted by atomic mass is 79.9. The molecule has 2 aromatic rings. The summed E-state index contributed by atoms with van der Waals surface area (Å²) in [5.74, 6) is -1.77. The van der Waals surface area contributed by atoms with Crippen LogP contribution in [0.5, 0.6) is 0 Å². The zero-order valence-corrected chi connectivity index (χ0v) is 13.0. The van der Waals surface area contributed by atoms with Gasteiger partial charge in [0.2, 0.25) is 5.91 Å². The van der Waals surface area contributed by atoms with Gasteiger partial charge in [-0.05, 0) is 36.4 Å².